The Morgan fingerprint density at radius 2 is 2.50 bits per heavy atom. The second-order valence-corrected chi connectivity index (χ2v) is 4.54. The van der Waals surface area contributed by atoms with Gasteiger partial charge in [0.05, 0.1) is 18.6 Å². The van der Waals surface area contributed by atoms with Gasteiger partial charge in [-0.05, 0) is 29.7 Å². The minimum atomic E-state index is -0.833. The lowest BCUT2D eigenvalue weighted by Crippen LogP contribution is -2.20. The van der Waals surface area contributed by atoms with Gasteiger partial charge in [0.25, 0.3) is 0 Å². The lowest BCUT2D eigenvalue weighted by atomic mass is 10.1. The zero-order valence-corrected chi connectivity index (χ0v) is 10.4. The van der Waals surface area contributed by atoms with Gasteiger partial charge >= 0.3 is 5.97 Å². The van der Waals surface area contributed by atoms with E-state index in [9.17, 15) is 4.79 Å². The smallest absolute Gasteiger partial charge is 0.305 e. The number of nitrogens with zero attached hydrogens (tertiary/aromatic N) is 4. The van der Waals surface area contributed by atoms with Gasteiger partial charge in [-0.3, -0.25) is 4.79 Å². The fraction of sp³-hybridized carbons (Fsp3) is 0.818. The Labute approximate surface area is 105 Å². The molecule has 1 N–H and O–H groups in total. The van der Waals surface area contributed by atoms with Crippen molar-refractivity contribution in [3.63, 3.8) is 0 Å². The average Bonchev–Trinajstić information content (AvgIpc) is 2.98. The molecule has 1 aliphatic rings. The molecule has 0 saturated carbocycles. The molecule has 18 heavy (non-hydrogen) atoms. The summed E-state index contributed by atoms with van der Waals surface area (Å²) in [6.07, 6.45) is 3.64. The molecule has 0 radical (unpaired) electrons. The molecule has 0 bridgehead atoms. The van der Waals surface area contributed by atoms with Crippen LogP contribution in [0.1, 0.15) is 44.5 Å². The molecule has 1 saturated heterocycles. The molecule has 2 atom stereocenters. The van der Waals surface area contributed by atoms with Crippen LogP contribution in [0.2, 0.25) is 0 Å². The van der Waals surface area contributed by atoms with Gasteiger partial charge in [0.15, 0.2) is 5.82 Å². The summed E-state index contributed by atoms with van der Waals surface area (Å²) in [5, 5.41) is 20.4. The molecule has 7 heteroatoms. The van der Waals surface area contributed by atoms with Crippen molar-refractivity contribution in [2.75, 3.05) is 6.61 Å². The summed E-state index contributed by atoms with van der Waals surface area (Å²) >= 11 is 0. The van der Waals surface area contributed by atoms with E-state index >= 15 is 0 Å². The summed E-state index contributed by atoms with van der Waals surface area (Å²) in [6, 6.07) is -0.186. The molecule has 0 spiro atoms. The Hall–Kier alpha value is -1.50. The Balaban J connectivity index is 2.07. The van der Waals surface area contributed by atoms with Crippen molar-refractivity contribution >= 4 is 5.97 Å². The topological polar surface area (TPSA) is 90.1 Å². The molecule has 0 amide bonds. The molecule has 1 fully saturated rings. The molecule has 7 nitrogen and oxygen atoms in total. The first-order chi connectivity index (χ1) is 8.70. The predicted octanol–water partition coefficient (Wildman–Crippen LogP) is 0.820. The lowest BCUT2D eigenvalue weighted by Gasteiger charge is -2.15. The second kappa shape index (κ2) is 5.90. The van der Waals surface area contributed by atoms with Crippen LogP contribution in [0, 0.1) is 0 Å². The molecular weight excluding hydrogens is 236 g/mol. The lowest BCUT2D eigenvalue weighted by molar-refractivity contribution is -0.138. The summed E-state index contributed by atoms with van der Waals surface area (Å²) in [7, 11) is 0. The minimum Gasteiger partial charge on any atom is -0.481 e. The summed E-state index contributed by atoms with van der Waals surface area (Å²) in [5.74, 6) is -0.115. The highest BCUT2D eigenvalue weighted by Gasteiger charge is 2.23. The third-order valence-corrected chi connectivity index (χ3v) is 3.22. The number of carbonyl (C=O) groups is 1. The SMILES string of the molecule is CCC(CC(=O)O)n1nnnc1CC1CCCO1. The van der Waals surface area contributed by atoms with Crippen LogP contribution in [0.5, 0.6) is 0 Å². The van der Waals surface area contributed by atoms with Crippen LogP contribution in [0.15, 0.2) is 0 Å². The molecule has 0 aliphatic carbocycles. The molecule has 0 aromatic carbocycles. The molecule has 2 rings (SSSR count). The van der Waals surface area contributed by atoms with Crippen molar-refractivity contribution in [1.82, 2.24) is 20.2 Å². The van der Waals surface area contributed by atoms with Gasteiger partial charge < -0.3 is 9.84 Å². The quantitative estimate of drug-likeness (QED) is 0.808. The van der Waals surface area contributed by atoms with Crippen LogP contribution < -0.4 is 0 Å². The van der Waals surface area contributed by atoms with Gasteiger partial charge in [-0.1, -0.05) is 6.92 Å². The van der Waals surface area contributed by atoms with Gasteiger partial charge in [0.2, 0.25) is 0 Å². The summed E-state index contributed by atoms with van der Waals surface area (Å²) in [4.78, 5) is 10.8. The Morgan fingerprint density at radius 3 is 3.11 bits per heavy atom. The van der Waals surface area contributed by atoms with Gasteiger partial charge in [0, 0.05) is 13.0 Å². The maximum Gasteiger partial charge on any atom is 0.305 e. The van der Waals surface area contributed by atoms with Crippen LogP contribution in [0.25, 0.3) is 0 Å². The molecule has 2 unspecified atom stereocenters. The van der Waals surface area contributed by atoms with Crippen molar-refractivity contribution in [3.8, 4) is 0 Å². The zero-order valence-electron chi connectivity index (χ0n) is 10.4. The van der Waals surface area contributed by atoms with Crippen molar-refractivity contribution < 1.29 is 14.6 Å². The molecule has 1 aliphatic heterocycles. The molecule has 1 aromatic heterocycles. The Morgan fingerprint density at radius 1 is 1.67 bits per heavy atom. The van der Waals surface area contributed by atoms with E-state index in [1.807, 2.05) is 6.92 Å². The number of ether oxygens (including phenoxy) is 1. The molecule has 2 heterocycles. The van der Waals surface area contributed by atoms with Crippen LogP contribution in [-0.2, 0) is 16.0 Å². The number of aromatic nitrogens is 4. The van der Waals surface area contributed by atoms with Gasteiger partial charge in [0.1, 0.15) is 0 Å². The largest absolute Gasteiger partial charge is 0.481 e. The summed E-state index contributed by atoms with van der Waals surface area (Å²) in [5.41, 5.74) is 0. The number of tetrazole rings is 1. The maximum atomic E-state index is 10.8. The zero-order chi connectivity index (χ0) is 13.0. The van der Waals surface area contributed by atoms with Crippen LogP contribution in [0.3, 0.4) is 0 Å². The average molecular weight is 254 g/mol. The number of hydrogen-bond donors (Lipinski definition) is 1. The molecular formula is C11H18N4O3. The Kier molecular flexibility index (Phi) is 4.24. The first kappa shape index (κ1) is 12.9. The van der Waals surface area contributed by atoms with E-state index in [0.717, 1.165) is 25.3 Å². The standard InChI is InChI=1S/C11H18N4O3/c1-2-8(6-11(16)17)15-10(12-13-14-15)7-9-4-3-5-18-9/h8-9H,2-7H2,1H3,(H,16,17). The summed E-state index contributed by atoms with van der Waals surface area (Å²) < 4.78 is 7.19. The van der Waals surface area contributed by atoms with E-state index in [4.69, 9.17) is 9.84 Å². The van der Waals surface area contributed by atoms with Crippen LogP contribution in [-0.4, -0.2) is 44.0 Å². The van der Waals surface area contributed by atoms with Crippen molar-refractivity contribution in [2.45, 2.75) is 51.2 Å². The highest BCUT2D eigenvalue weighted by Crippen LogP contribution is 2.20. The Bertz CT molecular complexity index is 401. The first-order valence-electron chi connectivity index (χ1n) is 6.30. The van der Waals surface area contributed by atoms with E-state index in [2.05, 4.69) is 15.5 Å². The van der Waals surface area contributed by atoms with E-state index < -0.39 is 5.97 Å². The number of carboxylic acids is 1. The van der Waals surface area contributed by atoms with E-state index in [1.165, 1.54) is 0 Å². The highest BCUT2D eigenvalue weighted by molar-refractivity contribution is 5.67. The minimum absolute atomic E-state index is 0.0417. The highest BCUT2D eigenvalue weighted by atomic mass is 16.5. The van der Waals surface area contributed by atoms with Crippen LogP contribution >= 0.6 is 0 Å². The van der Waals surface area contributed by atoms with Gasteiger partial charge in [-0.25, -0.2) is 4.68 Å². The number of rotatable bonds is 6. The predicted molar refractivity (Wildman–Crippen MR) is 62.1 cm³/mol. The number of hydrogen-bond acceptors (Lipinski definition) is 5. The monoisotopic (exact) mass is 254 g/mol. The fourth-order valence-electron chi connectivity index (χ4n) is 2.24. The maximum absolute atomic E-state index is 10.8. The van der Waals surface area contributed by atoms with E-state index in [1.54, 1.807) is 4.68 Å². The van der Waals surface area contributed by atoms with Crippen molar-refractivity contribution in [1.29, 1.82) is 0 Å². The second-order valence-electron chi connectivity index (χ2n) is 4.54. The summed E-state index contributed by atoms with van der Waals surface area (Å²) in [6.45, 7) is 2.73. The number of aliphatic carboxylic acids is 1. The number of carboxylic acid groups (broad SMARTS) is 1. The van der Waals surface area contributed by atoms with E-state index in [-0.39, 0.29) is 18.6 Å². The van der Waals surface area contributed by atoms with Gasteiger partial charge in [-0.2, -0.15) is 0 Å². The normalized spacial score (nSPS) is 21.1. The molecule has 1 aromatic rings. The molecule has 100 valence electrons. The van der Waals surface area contributed by atoms with Crippen molar-refractivity contribution in [3.05, 3.63) is 5.82 Å². The van der Waals surface area contributed by atoms with Crippen LogP contribution in [0.4, 0.5) is 0 Å². The van der Waals surface area contributed by atoms with E-state index in [0.29, 0.717) is 12.8 Å². The van der Waals surface area contributed by atoms with Crippen molar-refractivity contribution in [2.24, 2.45) is 0 Å². The third-order valence-electron chi connectivity index (χ3n) is 3.22. The third kappa shape index (κ3) is 3.04. The van der Waals surface area contributed by atoms with Gasteiger partial charge in [-0.15, -0.1) is 5.10 Å². The first-order valence-corrected chi connectivity index (χ1v) is 6.30. The fourth-order valence-corrected chi connectivity index (χ4v) is 2.24.